The van der Waals surface area contributed by atoms with Crippen molar-refractivity contribution in [1.29, 1.82) is 5.41 Å². The van der Waals surface area contributed by atoms with Gasteiger partial charge in [-0.3, -0.25) is 5.41 Å². The van der Waals surface area contributed by atoms with Gasteiger partial charge in [0.1, 0.15) is 11.7 Å². The molecule has 0 aliphatic heterocycles. The maximum Gasteiger partial charge on any atom is 0.128 e. The fourth-order valence-electron chi connectivity index (χ4n) is 1.41. The molecule has 0 radical (unpaired) electrons. The molecule has 0 aromatic carbocycles. The van der Waals surface area contributed by atoms with Crippen molar-refractivity contribution >= 4 is 5.84 Å². The molecule has 1 aromatic rings. The van der Waals surface area contributed by atoms with Crippen LogP contribution in [-0.2, 0) is 13.6 Å². The molecule has 4 heteroatoms. The molecule has 0 spiro atoms. The zero-order chi connectivity index (χ0) is 11.6. The van der Waals surface area contributed by atoms with Crippen LogP contribution in [0.1, 0.15) is 26.6 Å². The molecule has 15 heavy (non-hydrogen) atoms. The van der Waals surface area contributed by atoms with Crippen molar-refractivity contribution < 1.29 is 0 Å². The van der Waals surface area contributed by atoms with Crippen molar-refractivity contribution in [3.8, 4) is 0 Å². The summed E-state index contributed by atoms with van der Waals surface area (Å²) in [6.07, 6.45) is 3.70. The van der Waals surface area contributed by atoms with Gasteiger partial charge in [0.05, 0.1) is 6.54 Å². The lowest BCUT2D eigenvalue weighted by atomic mass is 9.94. The summed E-state index contributed by atoms with van der Waals surface area (Å²) >= 11 is 0. The van der Waals surface area contributed by atoms with Gasteiger partial charge in [0.25, 0.3) is 0 Å². The summed E-state index contributed by atoms with van der Waals surface area (Å²) in [4.78, 5) is 6.18. The van der Waals surface area contributed by atoms with E-state index in [2.05, 4.69) is 4.98 Å². The highest BCUT2D eigenvalue weighted by atomic mass is 15.2. The van der Waals surface area contributed by atoms with E-state index < -0.39 is 0 Å². The Morgan fingerprint density at radius 1 is 1.53 bits per heavy atom. The highest BCUT2D eigenvalue weighted by Crippen LogP contribution is 2.17. The second-order valence-electron chi connectivity index (χ2n) is 4.91. The van der Waals surface area contributed by atoms with E-state index in [9.17, 15) is 0 Å². The lowest BCUT2D eigenvalue weighted by molar-refractivity contribution is 0.404. The maximum absolute atomic E-state index is 8.01. The van der Waals surface area contributed by atoms with Gasteiger partial charge in [0, 0.05) is 31.9 Å². The third kappa shape index (κ3) is 2.81. The monoisotopic (exact) mass is 208 g/mol. The number of aryl methyl sites for hydroxylation is 1. The Hall–Kier alpha value is -1.32. The molecule has 1 rings (SSSR count). The molecule has 4 nitrogen and oxygen atoms in total. The Labute approximate surface area is 91.4 Å². The zero-order valence-electron chi connectivity index (χ0n) is 10.2. The quantitative estimate of drug-likeness (QED) is 0.595. The molecule has 1 N–H and O–H groups in total. The van der Waals surface area contributed by atoms with Crippen LogP contribution in [0, 0.1) is 10.8 Å². The maximum atomic E-state index is 8.01. The molecule has 0 unspecified atom stereocenters. The number of amidine groups is 1. The van der Waals surface area contributed by atoms with Crippen LogP contribution in [0.5, 0.6) is 0 Å². The van der Waals surface area contributed by atoms with Crippen LogP contribution in [0.3, 0.4) is 0 Å². The van der Waals surface area contributed by atoms with Crippen LogP contribution in [-0.4, -0.2) is 27.3 Å². The molecule has 0 saturated carbocycles. The van der Waals surface area contributed by atoms with Gasteiger partial charge in [-0.05, 0) is 0 Å². The molecule has 0 fully saturated rings. The Balaban J connectivity index is 2.68. The first-order valence-electron chi connectivity index (χ1n) is 5.08. The van der Waals surface area contributed by atoms with Gasteiger partial charge in [-0.25, -0.2) is 4.98 Å². The second kappa shape index (κ2) is 4.04. The lowest BCUT2D eigenvalue weighted by Gasteiger charge is -2.28. The third-order valence-corrected chi connectivity index (χ3v) is 2.39. The first kappa shape index (κ1) is 11.8. The summed E-state index contributed by atoms with van der Waals surface area (Å²) in [5.74, 6) is 1.61. The third-order valence-electron chi connectivity index (χ3n) is 2.39. The topological polar surface area (TPSA) is 44.9 Å². The number of aromatic nitrogens is 2. The predicted octanol–water partition coefficient (Wildman–Crippen LogP) is 1.88. The molecular formula is C11H20N4. The van der Waals surface area contributed by atoms with Crippen molar-refractivity contribution in [3.05, 3.63) is 18.2 Å². The average Bonchev–Trinajstić information content (AvgIpc) is 2.49. The van der Waals surface area contributed by atoms with Crippen molar-refractivity contribution in [1.82, 2.24) is 14.5 Å². The van der Waals surface area contributed by atoms with Gasteiger partial charge in [0.2, 0.25) is 0 Å². The molecule has 1 heterocycles. The van der Waals surface area contributed by atoms with Crippen molar-refractivity contribution in [2.75, 3.05) is 7.05 Å². The summed E-state index contributed by atoms with van der Waals surface area (Å²) in [5.41, 5.74) is -0.111. The highest BCUT2D eigenvalue weighted by Gasteiger charge is 2.21. The van der Waals surface area contributed by atoms with Crippen LogP contribution in [0.25, 0.3) is 0 Å². The van der Waals surface area contributed by atoms with E-state index in [1.54, 1.807) is 6.20 Å². The number of nitrogens with one attached hydrogen (secondary N) is 1. The fraction of sp³-hybridized carbons (Fsp3) is 0.636. The van der Waals surface area contributed by atoms with E-state index in [-0.39, 0.29) is 5.41 Å². The first-order valence-corrected chi connectivity index (χ1v) is 5.08. The van der Waals surface area contributed by atoms with Crippen LogP contribution in [0.2, 0.25) is 0 Å². The largest absolute Gasteiger partial charge is 0.356 e. The summed E-state index contributed by atoms with van der Waals surface area (Å²) in [6, 6.07) is 0. The van der Waals surface area contributed by atoms with E-state index in [1.165, 1.54) is 0 Å². The van der Waals surface area contributed by atoms with Crippen LogP contribution in [0.15, 0.2) is 12.4 Å². The Kier molecular flexibility index (Phi) is 3.17. The number of rotatable bonds is 2. The minimum atomic E-state index is -0.111. The normalized spacial score (nSPS) is 11.5. The predicted molar refractivity (Wildman–Crippen MR) is 61.9 cm³/mol. The minimum absolute atomic E-state index is 0.111. The highest BCUT2D eigenvalue weighted by molar-refractivity contribution is 5.83. The molecule has 0 aliphatic rings. The zero-order valence-corrected chi connectivity index (χ0v) is 10.2. The van der Waals surface area contributed by atoms with Gasteiger partial charge < -0.3 is 9.47 Å². The summed E-state index contributed by atoms with van der Waals surface area (Å²) in [6.45, 7) is 6.82. The second-order valence-corrected chi connectivity index (χ2v) is 4.91. The summed E-state index contributed by atoms with van der Waals surface area (Å²) in [7, 11) is 3.90. The molecule has 0 bridgehead atoms. The summed E-state index contributed by atoms with van der Waals surface area (Å²) in [5, 5.41) is 8.01. The van der Waals surface area contributed by atoms with E-state index in [0.29, 0.717) is 12.4 Å². The molecular weight excluding hydrogens is 188 g/mol. The van der Waals surface area contributed by atoms with Gasteiger partial charge >= 0.3 is 0 Å². The van der Waals surface area contributed by atoms with Gasteiger partial charge in [-0.2, -0.15) is 0 Å². The molecule has 0 amide bonds. The van der Waals surface area contributed by atoms with Gasteiger partial charge in [-0.1, -0.05) is 20.8 Å². The van der Waals surface area contributed by atoms with Crippen LogP contribution >= 0.6 is 0 Å². The number of imidazole rings is 1. The smallest absolute Gasteiger partial charge is 0.128 e. The van der Waals surface area contributed by atoms with Crippen molar-refractivity contribution in [2.45, 2.75) is 27.3 Å². The Morgan fingerprint density at radius 2 is 2.13 bits per heavy atom. The number of hydrogen-bond acceptors (Lipinski definition) is 2. The van der Waals surface area contributed by atoms with E-state index in [0.717, 1.165) is 5.82 Å². The lowest BCUT2D eigenvalue weighted by Crippen LogP contribution is -2.36. The molecule has 84 valence electrons. The fourth-order valence-corrected chi connectivity index (χ4v) is 1.41. The van der Waals surface area contributed by atoms with E-state index >= 15 is 0 Å². The average molecular weight is 208 g/mol. The molecule has 0 aliphatic carbocycles. The van der Waals surface area contributed by atoms with Crippen LogP contribution < -0.4 is 0 Å². The molecule has 0 saturated heterocycles. The van der Waals surface area contributed by atoms with Gasteiger partial charge in [-0.15, -0.1) is 0 Å². The standard InChI is InChI=1S/C11H20N4/c1-11(2,3)10(12)15(5)8-9-13-6-7-14(9)4/h6-7,12H,8H2,1-5H3. The number of hydrogen-bond donors (Lipinski definition) is 1. The minimum Gasteiger partial charge on any atom is -0.356 e. The Bertz CT molecular complexity index is 346. The molecule has 0 atom stereocenters. The molecule has 1 aromatic heterocycles. The van der Waals surface area contributed by atoms with E-state index in [1.807, 2.05) is 50.5 Å². The van der Waals surface area contributed by atoms with Gasteiger partial charge in [0.15, 0.2) is 0 Å². The van der Waals surface area contributed by atoms with Crippen molar-refractivity contribution in [2.24, 2.45) is 12.5 Å². The number of nitrogens with zero attached hydrogens (tertiary/aromatic N) is 3. The van der Waals surface area contributed by atoms with E-state index in [4.69, 9.17) is 5.41 Å². The summed E-state index contributed by atoms with van der Waals surface area (Å²) < 4.78 is 1.98. The van der Waals surface area contributed by atoms with Crippen molar-refractivity contribution in [3.63, 3.8) is 0 Å². The van der Waals surface area contributed by atoms with Crippen LogP contribution in [0.4, 0.5) is 0 Å². The SMILES string of the molecule is CN(Cc1nccn1C)C(=N)C(C)(C)C. The first-order chi connectivity index (χ1) is 6.82. The Morgan fingerprint density at radius 3 is 2.53 bits per heavy atom.